The van der Waals surface area contributed by atoms with Crippen LogP contribution < -0.4 is 14.8 Å². The van der Waals surface area contributed by atoms with Gasteiger partial charge in [-0.15, -0.1) is 0 Å². The molecule has 2 aromatic rings. The number of nitrogens with one attached hydrogen (secondary N) is 1. The van der Waals surface area contributed by atoms with Gasteiger partial charge < -0.3 is 19.9 Å². The monoisotopic (exact) mass is 345 g/mol. The molecule has 0 aliphatic heterocycles. The van der Waals surface area contributed by atoms with E-state index in [9.17, 15) is 14.3 Å². The van der Waals surface area contributed by atoms with E-state index in [0.717, 1.165) is 11.6 Å². The summed E-state index contributed by atoms with van der Waals surface area (Å²) in [5, 5.41) is 13.7. The zero-order chi connectivity index (χ0) is 18.0. The summed E-state index contributed by atoms with van der Waals surface area (Å²) in [4.78, 5) is 12.2. The average Bonchev–Trinajstić information content (AvgIpc) is 2.95. The van der Waals surface area contributed by atoms with Crippen molar-refractivity contribution in [2.24, 2.45) is 0 Å². The van der Waals surface area contributed by atoms with Gasteiger partial charge >= 0.3 is 0 Å². The fourth-order valence-corrected chi connectivity index (χ4v) is 3.18. The fraction of sp³-hybridized carbons (Fsp3) is 0.316. The third kappa shape index (κ3) is 3.30. The summed E-state index contributed by atoms with van der Waals surface area (Å²) < 4.78 is 23.8. The fourth-order valence-electron chi connectivity index (χ4n) is 3.18. The molecule has 6 heteroatoms. The molecular formula is C19H20FNO4. The number of carbonyl (C=O) groups is 1. The highest BCUT2D eigenvalue weighted by Crippen LogP contribution is 2.42. The smallest absolute Gasteiger partial charge is 0.251 e. The van der Waals surface area contributed by atoms with Gasteiger partial charge in [0.1, 0.15) is 11.4 Å². The van der Waals surface area contributed by atoms with Gasteiger partial charge in [-0.3, -0.25) is 4.79 Å². The van der Waals surface area contributed by atoms with E-state index in [0.29, 0.717) is 29.9 Å². The first kappa shape index (κ1) is 17.2. The highest BCUT2D eigenvalue weighted by Gasteiger charge is 2.38. The maximum atomic E-state index is 13.2. The molecule has 0 heterocycles. The van der Waals surface area contributed by atoms with E-state index < -0.39 is 17.3 Å². The van der Waals surface area contributed by atoms with Crippen molar-refractivity contribution in [3.8, 4) is 11.5 Å². The molecule has 0 bridgehead atoms. The van der Waals surface area contributed by atoms with E-state index in [-0.39, 0.29) is 12.1 Å². The maximum absolute atomic E-state index is 13.2. The lowest BCUT2D eigenvalue weighted by Crippen LogP contribution is -2.39. The molecule has 0 saturated carbocycles. The molecule has 5 nitrogen and oxygen atoms in total. The predicted molar refractivity (Wildman–Crippen MR) is 90.5 cm³/mol. The summed E-state index contributed by atoms with van der Waals surface area (Å²) in [6, 6.07) is 9.03. The molecule has 1 amide bonds. The van der Waals surface area contributed by atoms with Gasteiger partial charge in [0.05, 0.1) is 20.8 Å². The Bertz CT molecular complexity index is 808. The standard InChI is InChI=1S/C19H20FNO4/c1-24-16-9-12-6-7-19(23,15(12)10-17(16)25-2)11-21-18(22)13-4-3-5-14(20)8-13/h3-5,8-10,23H,6-7,11H2,1-2H3,(H,21,22). The average molecular weight is 345 g/mol. The lowest BCUT2D eigenvalue weighted by Gasteiger charge is -2.25. The number of hydrogen-bond acceptors (Lipinski definition) is 4. The van der Waals surface area contributed by atoms with E-state index in [1.54, 1.807) is 13.2 Å². The Balaban J connectivity index is 1.79. The van der Waals surface area contributed by atoms with Crippen LogP contribution in [0.3, 0.4) is 0 Å². The Hall–Kier alpha value is -2.60. The van der Waals surface area contributed by atoms with Gasteiger partial charge in [0.25, 0.3) is 5.91 Å². The number of aliphatic hydroxyl groups is 1. The third-order valence-corrected chi connectivity index (χ3v) is 4.55. The van der Waals surface area contributed by atoms with Gasteiger partial charge in [-0.05, 0) is 54.3 Å². The van der Waals surface area contributed by atoms with Crippen molar-refractivity contribution in [3.05, 3.63) is 58.9 Å². The molecular weight excluding hydrogens is 325 g/mol. The second kappa shape index (κ2) is 6.72. The Morgan fingerprint density at radius 2 is 1.96 bits per heavy atom. The zero-order valence-electron chi connectivity index (χ0n) is 14.1. The predicted octanol–water partition coefficient (Wildman–Crippen LogP) is 2.41. The summed E-state index contributed by atoms with van der Waals surface area (Å²) in [5.41, 5.74) is 0.691. The molecule has 0 radical (unpaired) electrons. The molecule has 0 spiro atoms. The van der Waals surface area contributed by atoms with Crippen LogP contribution in [0.5, 0.6) is 11.5 Å². The molecule has 0 fully saturated rings. The molecule has 1 aliphatic carbocycles. The van der Waals surface area contributed by atoms with Crippen LogP contribution in [0.1, 0.15) is 27.9 Å². The number of ether oxygens (including phenoxy) is 2. The Morgan fingerprint density at radius 3 is 2.64 bits per heavy atom. The van der Waals surface area contributed by atoms with Gasteiger partial charge in [0.2, 0.25) is 0 Å². The van der Waals surface area contributed by atoms with Crippen LogP contribution in [0, 0.1) is 5.82 Å². The van der Waals surface area contributed by atoms with Crippen molar-refractivity contribution in [3.63, 3.8) is 0 Å². The van der Waals surface area contributed by atoms with Crippen LogP contribution in [0.25, 0.3) is 0 Å². The van der Waals surface area contributed by atoms with Crippen molar-refractivity contribution < 1.29 is 23.8 Å². The van der Waals surface area contributed by atoms with Gasteiger partial charge in [-0.1, -0.05) is 6.07 Å². The zero-order valence-corrected chi connectivity index (χ0v) is 14.1. The van der Waals surface area contributed by atoms with Crippen molar-refractivity contribution >= 4 is 5.91 Å². The molecule has 25 heavy (non-hydrogen) atoms. The van der Waals surface area contributed by atoms with E-state index >= 15 is 0 Å². The normalized spacial score (nSPS) is 18.6. The molecule has 1 atom stereocenters. The number of amides is 1. The SMILES string of the molecule is COc1cc2c(cc1OC)C(O)(CNC(=O)c1cccc(F)c1)CC2. The number of carbonyl (C=O) groups excluding carboxylic acids is 1. The Kier molecular flexibility index (Phi) is 4.63. The second-order valence-corrected chi connectivity index (χ2v) is 6.09. The topological polar surface area (TPSA) is 67.8 Å². The lowest BCUT2D eigenvalue weighted by molar-refractivity contribution is 0.0368. The van der Waals surface area contributed by atoms with Crippen molar-refractivity contribution in [2.75, 3.05) is 20.8 Å². The summed E-state index contributed by atoms with van der Waals surface area (Å²) in [6.07, 6.45) is 1.14. The van der Waals surface area contributed by atoms with E-state index in [1.807, 2.05) is 6.07 Å². The molecule has 1 aliphatic rings. The van der Waals surface area contributed by atoms with Gasteiger partial charge in [-0.2, -0.15) is 0 Å². The van der Waals surface area contributed by atoms with Crippen LogP contribution >= 0.6 is 0 Å². The maximum Gasteiger partial charge on any atom is 0.251 e. The summed E-state index contributed by atoms with van der Waals surface area (Å²) in [7, 11) is 3.09. The van der Waals surface area contributed by atoms with Crippen LogP contribution in [0.2, 0.25) is 0 Å². The number of halogens is 1. The highest BCUT2D eigenvalue weighted by molar-refractivity contribution is 5.94. The quantitative estimate of drug-likeness (QED) is 0.873. The minimum Gasteiger partial charge on any atom is -0.493 e. The Morgan fingerprint density at radius 1 is 1.24 bits per heavy atom. The molecule has 2 aromatic carbocycles. The molecule has 1 unspecified atom stereocenters. The minimum absolute atomic E-state index is 0.0326. The number of rotatable bonds is 5. The number of methoxy groups -OCH3 is 2. The third-order valence-electron chi connectivity index (χ3n) is 4.55. The summed E-state index contributed by atoms with van der Waals surface area (Å²) in [6.45, 7) is 0.0326. The number of aryl methyl sites for hydroxylation is 1. The van der Waals surface area contributed by atoms with Crippen molar-refractivity contribution in [1.82, 2.24) is 5.32 Å². The number of benzene rings is 2. The Labute approximate surface area is 145 Å². The van der Waals surface area contributed by atoms with Crippen molar-refractivity contribution in [1.29, 1.82) is 0 Å². The first-order valence-electron chi connectivity index (χ1n) is 7.98. The first-order valence-corrected chi connectivity index (χ1v) is 7.98. The molecule has 2 N–H and O–H groups in total. The van der Waals surface area contributed by atoms with Crippen LogP contribution in [-0.2, 0) is 12.0 Å². The van der Waals surface area contributed by atoms with Crippen LogP contribution in [-0.4, -0.2) is 31.8 Å². The molecule has 0 saturated heterocycles. The van der Waals surface area contributed by atoms with Crippen molar-refractivity contribution in [2.45, 2.75) is 18.4 Å². The van der Waals surface area contributed by atoms with Crippen LogP contribution in [0.4, 0.5) is 4.39 Å². The van der Waals surface area contributed by atoms with E-state index in [4.69, 9.17) is 9.47 Å². The largest absolute Gasteiger partial charge is 0.493 e. The van der Waals surface area contributed by atoms with E-state index in [2.05, 4.69) is 5.32 Å². The lowest BCUT2D eigenvalue weighted by atomic mass is 9.95. The highest BCUT2D eigenvalue weighted by atomic mass is 19.1. The minimum atomic E-state index is -1.20. The van der Waals surface area contributed by atoms with Crippen LogP contribution in [0.15, 0.2) is 36.4 Å². The van der Waals surface area contributed by atoms with E-state index in [1.165, 1.54) is 25.3 Å². The van der Waals surface area contributed by atoms with Gasteiger partial charge in [-0.25, -0.2) is 4.39 Å². The molecule has 132 valence electrons. The molecule has 0 aromatic heterocycles. The van der Waals surface area contributed by atoms with Gasteiger partial charge in [0, 0.05) is 5.56 Å². The molecule has 3 rings (SSSR count). The number of fused-ring (bicyclic) bond motifs is 1. The number of hydrogen-bond donors (Lipinski definition) is 2. The summed E-state index contributed by atoms with van der Waals surface area (Å²) in [5.74, 6) is 0.226. The van der Waals surface area contributed by atoms with Gasteiger partial charge in [0.15, 0.2) is 11.5 Å². The first-order chi connectivity index (χ1) is 12.0. The summed E-state index contributed by atoms with van der Waals surface area (Å²) >= 11 is 0. The second-order valence-electron chi connectivity index (χ2n) is 6.09.